The van der Waals surface area contributed by atoms with E-state index in [4.69, 9.17) is 0 Å². The lowest BCUT2D eigenvalue weighted by Crippen LogP contribution is -2.09. The Morgan fingerprint density at radius 3 is 2.60 bits per heavy atom. The van der Waals surface area contributed by atoms with Gasteiger partial charge in [-0.3, -0.25) is 0 Å². The quantitative estimate of drug-likeness (QED) is 0.764. The maximum absolute atomic E-state index is 13.2. The van der Waals surface area contributed by atoms with Gasteiger partial charge in [0.15, 0.2) is 23.3 Å². The number of halogens is 2. The number of pyridine rings is 1. The summed E-state index contributed by atoms with van der Waals surface area (Å²) in [6.45, 7) is 0.597. The first kappa shape index (κ1) is 12.0. The van der Waals surface area contributed by atoms with E-state index in [9.17, 15) is 8.78 Å². The van der Waals surface area contributed by atoms with E-state index in [-0.39, 0.29) is 11.6 Å². The molecule has 1 aromatic heterocycles. The number of nitrogens with zero attached hydrogens (tertiary/aromatic N) is 1. The van der Waals surface area contributed by atoms with Crippen molar-refractivity contribution in [1.82, 2.24) is 4.98 Å². The van der Waals surface area contributed by atoms with Crippen LogP contribution in [0.2, 0.25) is 0 Å². The molecule has 0 spiro atoms. The largest absolute Gasteiger partial charge is 0.371 e. The van der Waals surface area contributed by atoms with E-state index in [0.717, 1.165) is 11.8 Å². The van der Waals surface area contributed by atoms with Gasteiger partial charge in [-0.1, -0.05) is 0 Å². The topological polar surface area (TPSA) is 37.0 Å². The van der Waals surface area contributed by atoms with Crippen molar-refractivity contribution >= 4 is 23.4 Å². The molecule has 1 aromatic rings. The lowest BCUT2D eigenvalue weighted by Gasteiger charge is -2.08. The first-order chi connectivity index (χ1) is 7.19. The normalized spacial score (nSPS) is 10.1. The maximum atomic E-state index is 13.2. The van der Waals surface area contributed by atoms with Gasteiger partial charge in [-0.15, -0.1) is 0 Å². The van der Waals surface area contributed by atoms with Gasteiger partial charge in [-0.05, 0) is 6.26 Å². The van der Waals surface area contributed by atoms with Crippen LogP contribution >= 0.6 is 11.8 Å². The Morgan fingerprint density at radius 2 is 2.00 bits per heavy atom. The number of hydrogen-bond donors (Lipinski definition) is 2. The zero-order chi connectivity index (χ0) is 11.3. The molecule has 0 aliphatic rings. The van der Waals surface area contributed by atoms with Gasteiger partial charge in [0.2, 0.25) is 0 Å². The van der Waals surface area contributed by atoms with Crippen LogP contribution in [0.1, 0.15) is 0 Å². The van der Waals surface area contributed by atoms with Crippen LogP contribution in [0.4, 0.5) is 20.4 Å². The first-order valence-electron chi connectivity index (χ1n) is 4.45. The second kappa shape index (κ2) is 5.75. The number of rotatable bonds is 5. The number of anilines is 2. The Morgan fingerprint density at radius 1 is 1.33 bits per heavy atom. The molecule has 0 saturated carbocycles. The second-order valence-corrected chi connectivity index (χ2v) is 3.80. The molecule has 2 N–H and O–H groups in total. The fraction of sp³-hybridized carbons (Fsp3) is 0.444. The molecule has 0 aromatic carbocycles. The summed E-state index contributed by atoms with van der Waals surface area (Å²) in [6.07, 6.45) is 1.95. The minimum Gasteiger partial charge on any atom is -0.371 e. The fourth-order valence-corrected chi connectivity index (χ4v) is 1.34. The Balaban J connectivity index is 2.78. The summed E-state index contributed by atoms with van der Waals surface area (Å²) in [6, 6.07) is 0.820. The highest BCUT2D eigenvalue weighted by Crippen LogP contribution is 2.18. The molecule has 0 atom stereocenters. The fourth-order valence-electron chi connectivity index (χ4n) is 1.04. The lowest BCUT2D eigenvalue weighted by atomic mass is 10.4. The van der Waals surface area contributed by atoms with Crippen molar-refractivity contribution in [3.63, 3.8) is 0 Å². The molecule has 3 nitrogen and oxygen atoms in total. The summed E-state index contributed by atoms with van der Waals surface area (Å²) in [5.41, 5.74) is 0. The van der Waals surface area contributed by atoms with E-state index in [0.29, 0.717) is 6.54 Å². The summed E-state index contributed by atoms with van der Waals surface area (Å²) in [7, 11) is 1.54. The summed E-state index contributed by atoms with van der Waals surface area (Å²) < 4.78 is 26.2. The lowest BCUT2D eigenvalue weighted by molar-refractivity contribution is 0.579. The van der Waals surface area contributed by atoms with Crippen molar-refractivity contribution in [2.45, 2.75) is 0 Å². The highest BCUT2D eigenvalue weighted by Gasteiger charge is 2.09. The molecule has 0 radical (unpaired) electrons. The van der Waals surface area contributed by atoms with Crippen LogP contribution in [0.5, 0.6) is 0 Å². The molecule has 0 amide bonds. The van der Waals surface area contributed by atoms with Crippen molar-refractivity contribution in [2.75, 3.05) is 36.2 Å². The van der Waals surface area contributed by atoms with E-state index in [1.54, 1.807) is 11.8 Å². The van der Waals surface area contributed by atoms with Gasteiger partial charge in [0.1, 0.15) is 0 Å². The van der Waals surface area contributed by atoms with Crippen molar-refractivity contribution in [1.29, 1.82) is 0 Å². The Kier molecular flexibility index (Phi) is 4.61. The SMILES string of the molecule is CNc1nc(NCCSC)c(F)cc1F. The summed E-state index contributed by atoms with van der Waals surface area (Å²) in [4.78, 5) is 3.78. The third-order valence-electron chi connectivity index (χ3n) is 1.76. The molecule has 1 heterocycles. The molecule has 84 valence electrons. The molecule has 6 heteroatoms. The average Bonchev–Trinajstić information content (AvgIpc) is 2.21. The first-order valence-corrected chi connectivity index (χ1v) is 5.85. The minimum absolute atomic E-state index is 0.0445. The van der Waals surface area contributed by atoms with Gasteiger partial charge >= 0.3 is 0 Å². The predicted molar refractivity (Wildman–Crippen MR) is 60.6 cm³/mol. The molecule has 1 rings (SSSR count). The van der Waals surface area contributed by atoms with Crippen molar-refractivity contribution in [3.05, 3.63) is 17.7 Å². The maximum Gasteiger partial charge on any atom is 0.168 e. The second-order valence-electron chi connectivity index (χ2n) is 2.82. The van der Waals surface area contributed by atoms with Crippen LogP contribution < -0.4 is 10.6 Å². The van der Waals surface area contributed by atoms with Gasteiger partial charge < -0.3 is 10.6 Å². The number of nitrogens with one attached hydrogen (secondary N) is 2. The highest BCUT2D eigenvalue weighted by molar-refractivity contribution is 7.98. The monoisotopic (exact) mass is 233 g/mol. The zero-order valence-electron chi connectivity index (χ0n) is 8.60. The smallest absolute Gasteiger partial charge is 0.168 e. The Labute approximate surface area is 91.7 Å². The predicted octanol–water partition coefficient (Wildman–Crippen LogP) is 2.18. The third-order valence-corrected chi connectivity index (χ3v) is 2.38. The van der Waals surface area contributed by atoms with Gasteiger partial charge in [-0.2, -0.15) is 11.8 Å². The van der Waals surface area contributed by atoms with Gasteiger partial charge in [-0.25, -0.2) is 13.8 Å². The standard InChI is InChI=1S/C9H13F2N3S/c1-12-8-6(10)5-7(11)9(14-8)13-3-4-15-2/h5H,3-4H2,1-2H3,(H2,12,13,14). The molecule has 0 bridgehead atoms. The van der Waals surface area contributed by atoms with Crippen LogP contribution in [-0.4, -0.2) is 30.6 Å². The van der Waals surface area contributed by atoms with Crippen molar-refractivity contribution in [2.24, 2.45) is 0 Å². The summed E-state index contributed by atoms with van der Waals surface area (Å²) in [5, 5.41) is 5.36. The van der Waals surface area contributed by atoms with Crippen molar-refractivity contribution in [3.8, 4) is 0 Å². The van der Waals surface area contributed by atoms with Crippen LogP contribution in [0.15, 0.2) is 6.07 Å². The number of hydrogen-bond acceptors (Lipinski definition) is 4. The molecule has 0 fully saturated rings. The molecule has 0 saturated heterocycles. The summed E-state index contributed by atoms with van der Waals surface area (Å²) >= 11 is 1.64. The molecule has 15 heavy (non-hydrogen) atoms. The van der Waals surface area contributed by atoms with E-state index in [2.05, 4.69) is 15.6 Å². The highest BCUT2D eigenvalue weighted by atomic mass is 32.2. The Hall–Kier alpha value is -1.04. The molecular formula is C9H13F2N3S. The van der Waals surface area contributed by atoms with E-state index in [1.807, 2.05) is 6.26 Å². The van der Waals surface area contributed by atoms with E-state index in [1.165, 1.54) is 7.05 Å². The summed E-state index contributed by atoms with van der Waals surface area (Å²) in [5.74, 6) is -0.399. The van der Waals surface area contributed by atoms with E-state index < -0.39 is 11.6 Å². The Bertz CT molecular complexity index is 333. The van der Waals surface area contributed by atoms with Gasteiger partial charge in [0.05, 0.1) is 0 Å². The van der Waals surface area contributed by atoms with Gasteiger partial charge in [0.25, 0.3) is 0 Å². The average molecular weight is 233 g/mol. The van der Waals surface area contributed by atoms with Crippen LogP contribution in [0.3, 0.4) is 0 Å². The molecule has 0 aliphatic carbocycles. The van der Waals surface area contributed by atoms with Crippen molar-refractivity contribution < 1.29 is 8.78 Å². The van der Waals surface area contributed by atoms with Crippen LogP contribution in [-0.2, 0) is 0 Å². The van der Waals surface area contributed by atoms with E-state index >= 15 is 0 Å². The minimum atomic E-state index is -0.689. The molecule has 0 unspecified atom stereocenters. The molecule has 0 aliphatic heterocycles. The number of thioether (sulfide) groups is 1. The van der Waals surface area contributed by atoms with Crippen LogP contribution in [0, 0.1) is 11.6 Å². The zero-order valence-corrected chi connectivity index (χ0v) is 9.42. The van der Waals surface area contributed by atoms with Crippen LogP contribution in [0.25, 0.3) is 0 Å². The molecular weight excluding hydrogens is 220 g/mol. The van der Waals surface area contributed by atoms with Gasteiger partial charge in [0, 0.05) is 25.4 Å². The third kappa shape index (κ3) is 3.23. The number of aromatic nitrogens is 1.